The third-order valence-corrected chi connectivity index (χ3v) is 6.42. The van der Waals surface area contributed by atoms with E-state index >= 15 is 0 Å². The molecule has 1 aromatic carbocycles. The first-order valence-corrected chi connectivity index (χ1v) is 11.2. The van der Waals surface area contributed by atoms with E-state index in [2.05, 4.69) is 24.6 Å². The van der Waals surface area contributed by atoms with Crippen LogP contribution in [0.1, 0.15) is 11.4 Å². The molecule has 4 rings (SSSR count). The second-order valence-electron chi connectivity index (χ2n) is 7.18. The number of hydrogen-bond donors (Lipinski definition) is 1. The van der Waals surface area contributed by atoms with Gasteiger partial charge in [-0.1, -0.05) is 6.07 Å². The van der Waals surface area contributed by atoms with E-state index in [0.29, 0.717) is 43.2 Å². The molecule has 1 fully saturated rings. The number of ether oxygens (including phenoxy) is 1. The van der Waals surface area contributed by atoms with Crippen molar-refractivity contribution in [3.05, 3.63) is 60.1 Å². The zero-order chi connectivity index (χ0) is 22.0. The molecule has 162 valence electrons. The molecule has 0 amide bonds. The van der Waals surface area contributed by atoms with E-state index in [1.807, 2.05) is 6.92 Å². The standard InChI is InChI=1S/C21H22FN5O3S/c1-14-19(26-31(28,29)18-5-3-4-17(22)11-18)10-16(12-23-14)20-15(2)24-13-25-21(20)27-6-8-30-9-7-27/h3-5,10-13,26H,6-9H2,1-2H3. The highest BCUT2D eigenvalue weighted by molar-refractivity contribution is 7.92. The fraction of sp³-hybridized carbons (Fsp3) is 0.286. The molecule has 0 saturated carbocycles. The fourth-order valence-corrected chi connectivity index (χ4v) is 4.56. The van der Waals surface area contributed by atoms with Crippen molar-refractivity contribution < 1.29 is 17.5 Å². The van der Waals surface area contributed by atoms with Crippen LogP contribution in [0.2, 0.25) is 0 Å². The normalized spacial score (nSPS) is 14.5. The Labute approximate surface area is 180 Å². The van der Waals surface area contributed by atoms with Crippen molar-refractivity contribution in [1.82, 2.24) is 15.0 Å². The largest absolute Gasteiger partial charge is 0.378 e. The van der Waals surface area contributed by atoms with Crippen LogP contribution in [0.4, 0.5) is 15.9 Å². The Morgan fingerprint density at radius 3 is 2.58 bits per heavy atom. The summed E-state index contributed by atoms with van der Waals surface area (Å²) in [7, 11) is -3.99. The lowest BCUT2D eigenvalue weighted by atomic mass is 10.0. The number of nitrogens with zero attached hydrogens (tertiary/aromatic N) is 4. The van der Waals surface area contributed by atoms with Crippen LogP contribution in [-0.2, 0) is 14.8 Å². The second-order valence-corrected chi connectivity index (χ2v) is 8.86. The van der Waals surface area contributed by atoms with Gasteiger partial charge < -0.3 is 9.64 Å². The number of morpholine rings is 1. The molecule has 0 radical (unpaired) electrons. The molecule has 3 heterocycles. The first-order valence-electron chi connectivity index (χ1n) is 9.75. The second kappa shape index (κ2) is 8.56. The monoisotopic (exact) mass is 443 g/mol. The minimum Gasteiger partial charge on any atom is -0.378 e. The van der Waals surface area contributed by atoms with Crippen LogP contribution in [-0.4, -0.2) is 49.7 Å². The minimum atomic E-state index is -3.99. The van der Waals surface area contributed by atoms with Gasteiger partial charge in [0.2, 0.25) is 0 Å². The van der Waals surface area contributed by atoms with E-state index in [1.54, 1.807) is 19.2 Å². The van der Waals surface area contributed by atoms with Crippen LogP contribution in [0, 0.1) is 19.7 Å². The average molecular weight is 444 g/mol. The van der Waals surface area contributed by atoms with Crippen LogP contribution < -0.4 is 9.62 Å². The molecule has 10 heteroatoms. The molecular formula is C21H22FN5O3S. The smallest absolute Gasteiger partial charge is 0.262 e. The summed E-state index contributed by atoms with van der Waals surface area (Å²) in [6.07, 6.45) is 3.18. The first-order chi connectivity index (χ1) is 14.8. The van der Waals surface area contributed by atoms with Gasteiger partial charge in [0.05, 0.1) is 35.2 Å². The van der Waals surface area contributed by atoms with Crippen molar-refractivity contribution in [2.75, 3.05) is 35.9 Å². The predicted molar refractivity (Wildman–Crippen MR) is 115 cm³/mol. The first kappa shape index (κ1) is 21.1. The maximum atomic E-state index is 13.5. The van der Waals surface area contributed by atoms with E-state index in [0.717, 1.165) is 23.1 Å². The highest BCUT2D eigenvalue weighted by Crippen LogP contribution is 2.33. The number of anilines is 2. The molecule has 2 aromatic heterocycles. The molecule has 1 aliphatic rings. The van der Waals surface area contributed by atoms with Crippen molar-refractivity contribution in [3.8, 4) is 11.1 Å². The lowest BCUT2D eigenvalue weighted by Gasteiger charge is -2.29. The molecule has 3 aromatic rings. The molecule has 0 unspecified atom stereocenters. The third-order valence-electron chi connectivity index (χ3n) is 5.05. The molecule has 1 N–H and O–H groups in total. The SMILES string of the molecule is Cc1ncc(-c2c(C)ncnc2N2CCOCC2)cc1NS(=O)(=O)c1cccc(F)c1. The number of hydrogen-bond acceptors (Lipinski definition) is 7. The molecule has 0 spiro atoms. The van der Waals surface area contributed by atoms with E-state index < -0.39 is 15.8 Å². The Morgan fingerprint density at radius 1 is 1.06 bits per heavy atom. The minimum absolute atomic E-state index is 0.162. The summed E-state index contributed by atoms with van der Waals surface area (Å²) in [5.74, 6) is 0.124. The van der Waals surface area contributed by atoms with E-state index in [9.17, 15) is 12.8 Å². The Kier molecular flexibility index (Phi) is 5.84. The highest BCUT2D eigenvalue weighted by atomic mass is 32.2. The van der Waals surface area contributed by atoms with Crippen molar-refractivity contribution >= 4 is 21.5 Å². The Morgan fingerprint density at radius 2 is 1.84 bits per heavy atom. The van der Waals surface area contributed by atoms with Gasteiger partial charge in [0.1, 0.15) is 18.0 Å². The highest BCUT2D eigenvalue weighted by Gasteiger charge is 2.22. The third kappa shape index (κ3) is 4.49. The van der Waals surface area contributed by atoms with Crippen LogP contribution in [0.5, 0.6) is 0 Å². The summed E-state index contributed by atoms with van der Waals surface area (Å²) < 4.78 is 47.1. The van der Waals surface area contributed by atoms with Crippen LogP contribution in [0.15, 0.2) is 47.8 Å². The molecule has 0 bridgehead atoms. The van der Waals surface area contributed by atoms with Gasteiger partial charge in [0.15, 0.2) is 0 Å². The van der Waals surface area contributed by atoms with Crippen molar-refractivity contribution in [2.24, 2.45) is 0 Å². The lowest BCUT2D eigenvalue weighted by molar-refractivity contribution is 0.122. The van der Waals surface area contributed by atoms with Crippen molar-refractivity contribution in [3.63, 3.8) is 0 Å². The number of nitrogens with one attached hydrogen (secondary N) is 1. The van der Waals surface area contributed by atoms with Crippen LogP contribution in [0.3, 0.4) is 0 Å². The van der Waals surface area contributed by atoms with Crippen LogP contribution in [0.25, 0.3) is 11.1 Å². The summed E-state index contributed by atoms with van der Waals surface area (Å²) in [6.45, 7) is 6.17. The van der Waals surface area contributed by atoms with Gasteiger partial charge in [0, 0.05) is 30.4 Å². The van der Waals surface area contributed by atoms with Gasteiger partial charge >= 0.3 is 0 Å². The van der Waals surface area contributed by atoms with Gasteiger partial charge in [-0.05, 0) is 38.1 Å². The summed E-state index contributed by atoms with van der Waals surface area (Å²) in [5.41, 5.74) is 3.01. The van der Waals surface area contributed by atoms with E-state index in [-0.39, 0.29) is 4.90 Å². The summed E-state index contributed by atoms with van der Waals surface area (Å²) in [4.78, 5) is 15.1. The van der Waals surface area contributed by atoms with Gasteiger partial charge in [-0.3, -0.25) is 9.71 Å². The number of rotatable bonds is 5. The molecule has 0 atom stereocenters. The molecule has 1 aliphatic heterocycles. The van der Waals surface area contributed by atoms with Crippen LogP contribution >= 0.6 is 0 Å². The summed E-state index contributed by atoms with van der Waals surface area (Å²) in [5, 5.41) is 0. The molecule has 0 aliphatic carbocycles. The number of halogens is 1. The van der Waals surface area contributed by atoms with E-state index in [4.69, 9.17) is 4.74 Å². The molecule has 1 saturated heterocycles. The zero-order valence-corrected chi connectivity index (χ0v) is 18.0. The quantitative estimate of drug-likeness (QED) is 0.647. The van der Waals surface area contributed by atoms with Gasteiger partial charge in [-0.25, -0.2) is 22.8 Å². The number of aromatic nitrogens is 3. The Hall–Kier alpha value is -3.11. The molecule has 31 heavy (non-hydrogen) atoms. The summed E-state index contributed by atoms with van der Waals surface area (Å²) >= 11 is 0. The number of aryl methyl sites for hydroxylation is 2. The number of pyridine rings is 1. The lowest BCUT2D eigenvalue weighted by Crippen LogP contribution is -2.37. The maximum Gasteiger partial charge on any atom is 0.262 e. The topological polar surface area (TPSA) is 97.3 Å². The van der Waals surface area contributed by atoms with Gasteiger partial charge in [-0.15, -0.1) is 0 Å². The zero-order valence-electron chi connectivity index (χ0n) is 17.2. The Balaban J connectivity index is 1.74. The van der Waals surface area contributed by atoms with Gasteiger partial charge in [0.25, 0.3) is 10.0 Å². The molecular weight excluding hydrogens is 421 g/mol. The van der Waals surface area contributed by atoms with E-state index in [1.165, 1.54) is 24.5 Å². The van der Waals surface area contributed by atoms with Gasteiger partial charge in [-0.2, -0.15) is 0 Å². The number of sulfonamides is 1. The van der Waals surface area contributed by atoms with Crippen molar-refractivity contribution in [1.29, 1.82) is 0 Å². The summed E-state index contributed by atoms with van der Waals surface area (Å²) in [6, 6.07) is 6.56. The average Bonchev–Trinajstić information content (AvgIpc) is 2.76. The number of benzene rings is 1. The maximum absolute atomic E-state index is 13.5. The van der Waals surface area contributed by atoms with Crippen molar-refractivity contribution in [2.45, 2.75) is 18.7 Å². The molecule has 8 nitrogen and oxygen atoms in total. The predicted octanol–water partition coefficient (Wildman–Crippen LogP) is 2.93. The fourth-order valence-electron chi connectivity index (χ4n) is 3.42. The Bertz CT molecular complexity index is 1210.